The maximum Gasteiger partial charge on any atom is 0.417 e. The Hall–Kier alpha value is -2.15. The summed E-state index contributed by atoms with van der Waals surface area (Å²) in [5.41, 5.74) is 0.178. The van der Waals surface area contributed by atoms with Crippen LogP contribution in [0.4, 0.5) is 24.7 Å². The van der Waals surface area contributed by atoms with E-state index in [9.17, 15) is 13.2 Å². The number of alkyl halides is 3. The first-order valence-corrected chi connectivity index (χ1v) is 8.63. The zero-order valence-electron chi connectivity index (χ0n) is 14.2. The Bertz CT molecular complexity index is 744. The van der Waals surface area contributed by atoms with Gasteiger partial charge in [-0.2, -0.15) is 13.2 Å². The van der Waals surface area contributed by atoms with Crippen LogP contribution in [0.1, 0.15) is 18.4 Å². The first kappa shape index (κ1) is 18.6. The van der Waals surface area contributed by atoms with Crippen molar-refractivity contribution in [2.24, 2.45) is 0 Å². The molecule has 0 spiro atoms. The molecule has 1 N–H and O–H groups in total. The van der Waals surface area contributed by atoms with Gasteiger partial charge in [-0.05, 0) is 43.2 Å². The van der Waals surface area contributed by atoms with Gasteiger partial charge in [0, 0.05) is 31.0 Å². The highest BCUT2D eigenvalue weighted by molar-refractivity contribution is 6.33. The van der Waals surface area contributed by atoms with Crippen molar-refractivity contribution in [2.45, 2.75) is 25.1 Å². The summed E-state index contributed by atoms with van der Waals surface area (Å²) in [7, 11) is 1.62. The maximum atomic E-state index is 12.7. The minimum atomic E-state index is -4.44. The van der Waals surface area contributed by atoms with E-state index in [4.69, 9.17) is 16.3 Å². The van der Waals surface area contributed by atoms with E-state index in [0.29, 0.717) is 18.9 Å². The highest BCUT2D eigenvalue weighted by Crippen LogP contribution is 2.34. The van der Waals surface area contributed by atoms with Crippen LogP contribution in [0.15, 0.2) is 36.5 Å². The monoisotopic (exact) mass is 385 g/mol. The lowest BCUT2D eigenvalue weighted by molar-refractivity contribution is -0.137. The van der Waals surface area contributed by atoms with Gasteiger partial charge in [0.25, 0.3) is 0 Å². The van der Waals surface area contributed by atoms with Crippen LogP contribution in [0.25, 0.3) is 0 Å². The summed E-state index contributed by atoms with van der Waals surface area (Å²) in [4.78, 5) is 5.86. The van der Waals surface area contributed by atoms with Crippen LogP contribution < -0.4 is 15.0 Å². The molecule has 4 nitrogen and oxygen atoms in total. The highest BCUT2D eigenvalue weighted by Gasteiger charge is 2.32. The summed E-state index contributed by atoms with van der Waals surface area (Å²) >= 11 is 6.03. The molecule has 8 heteroatoms. The van der Waals surface area contributed by atoms with E-state index in [0.717, 1.165) is 36.5 Å². The fourth-order valence-corrected chi connectivity index (χ4v) is 3.26. The molecular weight excluding hydrogens is 367 g/mol. The molecular formula is C18H19ClF3N3O. The van der Waals surface area contributed by atoms with Gasteiger partial charge in [0.2, 0.25) is 0 Å². The van der Waals surface area contributed by atoms with Gasteiger partial charge in [-0.1, -0.05) is 11.6 Å². The van der Waals surface area contributed by atoms with E-state index in [-0.39, 0.29) is 11.1 Å². The molecule has 1 fully saturated rings. The number of aromatic nitrogens is 1. The fourth-order valence-electron chi connectivity index (χ4n) is 2.98. The Morgan fingerprint density at radius 3 is 2.38 bits per heavy atom. The molecule has 26 heavy (non-hydrogen) atoms. The van der Waals surface area contributed by atoms with E-state index in [1.807, 2.05) is 29.2 Å². The van der Waals surface area contributed by atoms with Gasteiger partial charge < -0.3 is 15.0 Å². The Morgan fingerprint density at radius 1 is 1.19 bits per heavy atom. The van der Waals surface area contributed by atoms with Crippen LogP contribution in [0.5, 0.6) is 5.75 Å². The van der Waals surface area contributed by atoms with Crippen LogP contribution >= 0.6 is 11.6 Å². The molecule has 0 unspecified atom stereocenters. The molecule has 1 aliphatic rings. The highest BCUT2D eigenvalue weighted by atomic mass is 35.5. The standard InChI is InChI=1S/C18H19ClF3N3O/c1-26-15-4-2-13(3-5-15)24-14-6-8-25(9-7-14)17-16(19)10-12(11-23-17)18(20,21)22/h2-5,10-11,14,24H,6-9H2,1H3. The van der Waals surface area contributed by atoms with Crippen molar-refractivity contribution < 1.29 is 17.9 Å². The van der Waals surface area contributed by atoms with E-state index >= 15 is 0 Å². The third-order valence-corrected chi connectivity index (χ3v) is 4.68. The molecule has 0 amide bonds. The summed E-state index contributed by atoms with van der Waals surface area (Å²) in [5, 5.41) is 3.49. The Morgan fingerprint density at radius 2 is 1.85 bits per heavy atom. The average Bonchev–Trinajstić information content (AvgIpc) is 2.62. The van der Waals surface area contributed by atoms with Gasteiger partial charge in [0.05, 0.1) is 17.7 Å². The second kappa shape index (κ2) is 7.61. The third-order valence-electron chi connectivity index (χ3n) is 4.40. The number of anilines is 2. The molecule has 0 saturated carbocycles. The van der Waals surface area contributed by atoms with Crippen molar-refractivity contribution in [1.82, 2.24) is 4.98 Å². The Balaban J connectivity index is 1.59. The lowest BCUT2D eigenvalue weighted by Gasteiger charge is -2.34. The molecule has 3 rings (SSSR count). The summed E-state index contributed by atoms with van der Waals surface area (Å²) in [6.07, 6.45) is -1.93. The second-order valence-electron chi connectivity index (χ2n) is 6.16. The topological polar surface area (TPSA) is 37.4 Å². The van der Waals surface area contributed by atoms with Gasteiger partial charge in [-0.15, -0.1) is 0 Å². The molecule has 0 atom stereocenters. The van der Waals surface area contributed by atoms with Crippen molar-refractivity contribution in [3.8, 4) is 5.75 Å². The van der Waals surface area contributed by atoms with E-state index in [1.54, 1.807) is 7.11 Å². The molecule has 2 heterocycles. The van der Waals surface area contributed by atoms with E-state index in [1.165, 1.54) is 0 Å². The summed E-state index contributed by atoms with van der Waals surface area (Å²) in [5.74, 6) is 1.20. The van der Waals surface area contributed by atoms with Crippen molar-refractivity contribution in [2.75, 3.05) is 30.4 Å². The summed E-state index contributed by atoms with van der Waals surface area (Å²) < 4.78 is 43.3. The molecule has 0 bridgehead atoms. The largest absolute Gasteiger partial charge is 0.497 e. The number of benzene rings is 1. The van der Waals surface area contributed by atoms with Gasteiger partial charge >= 0.3 is 6.18 Å². The number of nitrogens with zero attached hydrogens (tertiary/aromatic N) is 2. The number of rotatable bonds is 4. The van der Waals surface area contributed by atoms with Crippen molar-refractivity contribution in [1.29, 1.82) is 0 Å². The van der Waals surface area contributed by atoms with Crippen molar-refractivity contribution in [3.63, 3.8) is 0 Å². The number of methoxy groups -OCH3 is 1. The molecule has 1 aromatic heterocycles. The fraction of sp³-hybridized carbons (Fsp3) is 0.389. The summed E-state index contributed by atoms with van der Waals surface area (Å²) in [6.45, 7) is 1.35. The van der Waals surface area contributed by atoms with Crippen LogP contribution in [-0.4, -0.2) is 31.2 Å². The number of halogens is 4. The zero-order chi connectivity index (χ0) is 18.7. The molecule has 140 valence electrons. The zero-order valence-corrected chi connectivity index (χ0v) is 14.9. The van der Waals surface area contributed by atoms with Crippen molar-refractivity contribution in [3.05, 3.63) is 47.1 Å². The lowest BCUT2D eigenvalue weighted by Crippen LogP contribution is -2.39. The maximum absolute atomic E-state index is 12.7. The lowest BCUT2D eigenvalue weighted by atomic mass is 10.0. The van der Waals surface area contributed by atoms with Crippen LogP contribution in [-0.2, 0) is 6.18 Å². The minimum Gasteiger partial charge on any atom is -0.497 e. The third kappa shape index (κ3) is 4.33. The van der Waals surface area contributed by atoms with Gasteiger partial charge in [-0.3, -0.25) is 0 Å². The second-order valence-corrected chi connectivity index (χ2v) is 6.57. The number of hydrogen-bond acceptors (Lipinski definition) is 4. The van der Waals surface area contributed by atoms with E-state index in [2.05, 4.69) is 10.3 Å². The van der Waals surface area contributed by atoms with Crippen LogP contribution in [0.3, 0.4) is 0 Å². The average molecular weight is 386 g/mol. The number of pyridine rings is 1. The number of nitrogens with one attached hydrogen (secondary N) is 1. The Labute approximate surface area is 154 Å². The van der Waals surface area contributed by atoms with Gasteiger partial charge in [0.1, 0.15) is 11.6 Å². The van der Waals surface area contributed by atoms with Gasteiger partial charge in [0.15, 0.2) is 0 Å². The number of hydrogen-bond donors (Lipinski definition) is 1. The molecule has 0 aliphatic carbocycles. The number of piperidine rings is 1. The van der Waals surface area contributed by atoms with E-state index < -0.39 is 11.7 Å². The molecule has 2 aromatic rings. The quantitative estimate of drug-likeness (QED) is 0.817. The van der Waals surface area contributed by atoms with Crippen LogP contribution in [0, 0.1) is 0 Å². The predicted molar refractivity (Wildman–Crippen MR) is 96.1 cm³/mol. The van der Waals surface area contributed by atoms with Crippen molar-refractivity contribution >= 4 is 23.1 Å². The first-order chi connectivity index (χ1) is 12.4. The normalized spacial score (nSPS) is 15.8. The summed E-state index contributed by atoms with van der Waals surface area (Å²) in [6, 6.07) is 8.92. The van der Waals surface area contributed by atoms with Gasteiger partial charge in [-0.25, -0.2) is 4.98 Å². The Kier molecular flexibility index (Phi) is 5.46. The molecule has 1 aliphatic heterocycles. The first-order valence-electron chi connectivity index (χ1n) is 8.25. The smallest absolute Gasteiger partial charge is 0.417 e. The molecule has 1 aromatic carbocycles. The SMILES string of the molecule is COc1ccc(NC2CCN(c3ncc(C(F)(F)F)cc3Cl)CC2)cc1. The molecule has 0 radical (unpaired) electrons. The van der Waals surface area contributed by atoms with Crippen LogP contribution in [0.2, 0.25) is 5.02 Å². The predicted octanol–water partition coefficient (Wildman–Crippen LogP) is 4.84. The minimum absolute atomic E-state index is 0.0291. The molecule has 1 saturated heterocycles. The number of ether oxygens (including phenoxy) is 1.